The molecule has 0 aliphatic carbocycles. The summed E-state index contributed by atoms with van der Waals surface area (Å²) in [5.41, 5.74) is 4.89. The van der Waals surface area contributed by atoms with Crippen molar-refractivity contribution < 1.29 is 24.2 Å². The van der Waals surface area contributed by atoms with Gasteiger partial charge < -0.3 is 20.9 Å². The monoisotopic (exact) mass is 334 g/mol. The van der Waals surface area contributed by atoms with Crippen molar-refractivity contribution in [3.8, 4) is 5.75 Å². The lowest BCUT2D eigenvalue weighted by molar-refractivity contribution is -0.143. The first-order valence-electron chi connectivity index (χ1n) is 5.68. The van der Waals surface area contributed by atoms with Gasteiger partial charge in [-0.05, 0) is 18.2 Å². The second kappa shape index (κ2) is 7.70. The number of primary amides is 1. The molecule has 1 rings (SSSR count). The highest BCUT2D eigenvalue weighted by molar-refractivity contribution is 6.35. The molecule has 2 amide bonds. The average Bonchev–Trinajstić information content (AvgIpc) is 2.36. The molecule has 0 heterocycles. The molecule has 0 fully saturated rings. The number of carbonyl (C=O) groups is 3. The third-order valence-corrected chi connectivity index (χ3v) is 2.82. The summed E-state index contributed by atoms with van der Waals surface area (Å²) in [5.74, 6) is -2.72. The molecule has 0 aliphatic heterocycles. The van der Waals surface area contributed by atoms with Crippen LogP contribution in [0.5, 0.6) is 5.75 Å². The highest BCUT2D eigenvalue weighted by Gasteiger charge is 2.22. The van der Waals surface area contributed by atoms with Gasteiger partial charge in [-0.3, -0.25) is 9.59 Å². The van der Waals surface area contributed by atoms with Crippen molar-refractivity contribution in [3.63, 3.8) is 0 Å². The fourth-order valence-electron chi connectivity index (χ4n) is 1.37. The van der Waals surface area contributed by atoms with Gasteiger partial charge in [-0.2, -0.15) is 0 Å². The van der Waals surface area contributed by atoms with Crippen molar-refractivity contribution >= 4 is 41.0 Å². The number of amides is 2. The smallest absolute Gasteiger partial charge is 0.326 e. The van der Waals surface area contributed by atoms with Crippen LogP contribution in [0.3, 0.4) is 0 Å². The van der Waals surface area contributed by atoms with Crippen molar-refractivity contribution in [2.24, 2.45) is 5.73 Å². The first-order chi connectivity index (χ1) is 9.79. The average molecular weight is 335 g/mol. The van der Waals surface area contributed by atoms with Crippen LogP contribution in [0.15, 0.2) is 18.2 Å². The van der Waals surface area contributed by atoms with Gasteiger partial charge in [-0.1, -0.05) is 23.2 Å². The zero-order chi connectivity index (χ0) is 16.0. The van der Waals surface area contributed by atoms with E-state index in [0.717, 1.165) is 0 Å². The Hall–Kier alpha value is -1.99. The van der Waals surface area contributed by atoms with E-state index < -0.39 is 36.9 Å². The topological polar surface area (TPSA) is 119 Å². The second-order valence-electron chi connectivity index (χ2n) is 3.99. The minimum atomic E-state index is -1.40. The number of ether oxygens (including phenoxy) is 1. The highest BCUT2D eigenvalue weighted by atomic mass is 35.5. The minimum absolute atomic E-state index is 0.210. The molecule has 114 valence electrons. The van der Waals surface area contributed by atoms with Crippen LogP contribution in [-0.2, 0) is 14.4 Å². The van der Waals surface area contributed by atoms with Crippen molar-refractivity contribution in [2.75, 3.05) is 6.61 Å². The summed E-state index contributed by atoms with van der Waals surface area (Å²) < 4.78 is 5.13. The Morgan fingerprint density at radius 2 is 2.00 bits per heavy atom. The summed E-state index contributed by atoms with van der Waals surface area (Å²) in [6.45, 7) is -0.468. The predicted molar refractivity (Wildman–Crippen MR) is 75.3 cm³/mol. The maximum atomic E-state index is 11.6. The van der Waals surface area contributed by atoms with Crippen molar-refractivity contribution in [3.05, 3.63) is 28.2 Å². The summed E-state index contributed by atoms with van der Waals surface area (Å²) in [7, 11) is 0. The Kier molecular flexibility index (Phi) is 6.26. The molecule has 0 saturated carbocycles. The van der Waals surface area contributed by atoms with E-state index in [9.17, 15) is 14.4 Å². The molecule has 1 aromatic rings. The van der Waals surface area contributed by atoms with Crippen LogP contribution in [0.4, 0.5) is 0 Å². The Morgan fingerprint density at radius 1 is 1.33 bits per heavy atom. The molecule has 9 heteroatoms. The molecule has 0 radical (unpaired) electrons. The fraction of sp³-hybridized carbons (Fsp3) is 0.250. The molecule has 0 spiro atoms. The summed E-state index contributed by atoms with van der Waals surface area (Å²) in [4.78, 5) is 33.1. The highest BCUT2D eigenvalue weighted by Crippen LogP contribution is 2.27. The van der Waals surface area contributed by atoms with Crippen LogP contribution >= 0.6 is 23.2 Å². The van der Waals surface area contributed by atoms with Gasteiger partial charge in [-0.15, -0.1) is 0 Å². The van der Waals surface area contributed by atoms with E-state index in [1.54, 1.807) is 0 Å². The summed E-state index contributed by atoms with van der Waals surface area (Å²) in [6.07, 6.45) is -0.511. The number of carbonyl (C=O) groups excluding carboxylic acids is 2. The number of hydrogen-bond donors (Lipinski definition) is 3. The number of halogens is 2. The molecule has 0 bridgehead atoms. The van der Waals surface area contributed by atoms with E-state index in [0.29, 0.717) is 5.02 Å². The van der Waals surface area contributed by atoms with E-state index in [1.165, 1.54) is 18.2 Å². The molecule has 0 saturated heterocycles. The van der Waals surface area contributed by atoms with Crippen LogP contribution in [0.2, 0.25) is 10.0 Å². The predicted octanol–water partition coefficient (Wildman–Crippen LogP) is 0.817. The van der Waals surface area contributed by atoms with Crippen molar-refractivity contribution in [1.82, 2.24) is 5.32 Å². The third kappa shape index (κ3) is 5.88. The molecule has 1 aromatic carbocycles. The molecule has 4 N–H and O–H groups in total. The molecule has 0 aliphatic rings. The Balaban J connectivity index is 2.56. The zero-order valence-electron chi connectivity index (χ0n) is 10.6. The van der Waals surface area contributed by atoms with Crippen molar-refractivity contribution in [1.29, 1.82) is 0 Å². The van der Waals surface area contributed by atoms with Gasteiger partial charge in [0.1, 0.15) is 11.8 Å². The summed E-state index contributed by atoms with van der Waals surface area (Å²) in [6, 6.07) is 3.02. The fourth-order valence-corrected chi connectivity index (χ4v) is 1.84. The minimum Gasteiger partial charge on any atom is -0.482 e. The van der Waals surface area contributed by atoms with Gasteiger partial charge >= 0.3 is 5.97 Å². The Bertz CT molecular complexity index is 565. The normalized spacial score (nSPS) is 11.5. The van der Waals surface area contributed by atoms with Crippen LogP contribution in [0, 0.1) is 0 Å². The lowest BCUT2D eigenvalue weighted by Crippen LogP contribution is -2.45. The molecule has 7 nitrogen and oxygen atoms in total. The number of nitrogens with one attached hydrogen (secondary N) is 1. The molecule has 0 aromatic heterocycles. The third-order valence-electron chi connectivity index (χ3n) is 2.29. The van der Waals surface area contributed by atoms with Gasteiger partial charge in [-0.25, -0.2) is 4.79 Å². The van der Waals surface area contributed by atoms with Crippen LogP contribution in [0.25, 0.3) is 0 Å². The number of carboxylic acid groups (broad SMARTS) is 1. The number of carboxylic acids is 1. The standard InChI is InChI=1S/C12H12Cl2N2O5/c13-6-1-2-9(7(14)3-6)21-5-11(18)16-8(12(19)20)4-10(15)17/h1-3,8H,4-5H2,(H2,15,17)(H,16,18)(H,19,20)/t8-/m0/s1. The Labute approximate surface area is 130 Å². The van der Waals surface area contributed by atoms with Crippen molar-refractivity contribution in [2.45, 2.75) is 12.5 Å². The summed E-state index contributed by atoms with van der Waals surface area (Å²) >= 11 is 11.5. The Morgan fingerprint density at radius 3 is 2.52 bits per heavy atom. The van der Waals surface area contributed by atoms with Gasteiger partial charge in [0.25, 0.3) is 5.91 Å². The lowest BCUT2D eigenvalue weighted by atomic mass is 10.2. The number of rotatable bonds is 7. The van der Waals surface area contributed by atoms with Crippen LogP contribution in [0.1, 0.15) is 6.42 Å². The largest absolute Gasteiger partial charge is 0.482 e. The van der Waals surface area contributed by atoms with E-state index >= 15 is 0 Å². The quantitative estimate of drug-likeness (QED) is 0.681. The molecular formula is C12H12Cl2N2O5. The van der Waals surface area contributed by atoms with Gasteiger partial charge in [0.2, 0.25) is 5.91 Å². The maximum Gasteiger partial charge on any atom is 0.326 e. The first kappa shape index (κ1) is 17.1. The molecular weight excluding hydrogens is 323 g/mol. The number of aliphatic carboxylic acids is 1. The van der Waals surface area contributed by atoms with E-state index in [4.69, 9.17) is 38.8 Å². The van der Waals surface area contributed by atoms with Crippen LogP contribution in [-0.4, -0.2) is 35.5 Å². The van der Waals surface area contributed by atoms with Gasteiger partial charge in [0, 0.05) is 5.02 Å². The van der Waals surface area contributed by atoms with E-state index in [2.05, 4.69) is 5.32 Å². The molecule has 0 unspecified atom stereocenters. The van der Waals surface area contributed by atoms with Gasteiger partial charge in [0.15, 0.2) is 6.61 Å². The van der Waals surface area contributed by atoms with E-state index in [-0.39, 0.29) is 10.8 Å². The van der Waals surface area contributed by atoms with E-state index in [1.807, 2.05) is 0 Å². The maximum absolute atomic E-state index is 11.6. The zero-order valence-corrected chi connectivity index (χ0v) is 12.1. The SMILES string of the molecule is NC(=O)C[C@H](NC(=O)COc1ccc(Cl)cc1Cl)C(=O)O. The number of hydrogen-bond acceptors (Lipinski definition) is 4. The first-order valence-corrected chi connectivity index (χ1v) is 6.43. The number of nitrogens with two attached hydrogens (primary N) is 1. The second-order valence-corrected chi connectivity index (χ2v) is 4.84. The lowest BCUT2D eigenvalue weighted by Gasteiger charge is -2.13. The molecule has 1 atom stereocenters. The molecule has 21 heavy (non-hydrogen) atoms. The summed E-state index contributed by atoms with van der Waals surface area (Å²) in [5, 5.41) is 11.6. The van der Waals surface area contributed by atoms with Crippen LogP contribution < -0.4 is 15.8 Å². The van der Waals surface area contributed by atoms with Gasteiger partial charge in [0.05, 0.1) is 11.4 Å². The number of benzene rings is 1.